The minimum absolute atomic E-state index is 0.353. The van der Waals surface area contributed by atoms with E-state index in [2.05, 4.69) is 0 Å². The Hall–Kier alpha value is -1.33. The molecule has 13 heavy (non-hydrogen) atoms. The van der Waals surface area contributed by atoms with E-state index in [0.29, 0.717) is 11.1 Å². The molecule has 0 bridgehead atoms. The summed E-state index contributed by atoms with van der Waals surface area (Å²) in [7, 11) is 0. The zero-order chi connectivity index (χ0) is 10.3. The zero-order valence-corrected chi connectivity index (χ0v) is 8.30. The van der Waals surface area contributed by atoms with Gasteiger partial charge in [0.2, 0.25) is 0 Å². The summed E-state index contributed by atoms with van der Waals surface area (Å²) in [5, 5.41) is 7.90. The molecule has 0 aromatic heterocycles. The molecule has 1 aromatic carbocycles. The molecule has 0 aliphatic heterocycles. The second-order valence-electron chi connectivity index (χ2n) is 1.97. The highest BCUT2D eigenvalue weighted by Crippen LogP contribution is 2.06. The molecular weight excluding hydrogens is 186 g/mol. The summed E-state index contributed by atoms with van der Waals surface area (Å²) < 4.78 is 0. The Labute approximate surface area is 82.8 Å². The van der Waals surface area contributed by atoms with Crippen LogP contribution in [0.3, 0.4) is 0 Å². The van der Waals surface area contributed by atoms with Crippen molar-refractivity contribution in [2.45, 2.75) is 13.8 Å². The number of carbonyl (C=O) groups is 1. The van der Waals surface area contributed by atoms with E-state index in [-0.39, 0.29) is 0 Å². The molecule has 0 spiro atoms. The van der Waals surface area contributed by atoms with Crippen molar-refractivity contribution in [1.29, 1.82) is 5.26 Å². The quantitative estimate of drug-likeness (QED) is 0.647. The fraction of sp³-hybridized carbons (Fsp3) is 0.200. The van der Waals surface area contributed by atoms with E-state index in [0.717, 1.165) is 0 Å². The molecule has 0 unspecified atom stereocenters. The van der Waals surface area contributed by atoms with Gasteiger partial charge in [0.1, 0.15) is 0 Å². The second-order valence-corrected chi connectivity index (χ2v) is 2.31. The lowest BCUT2D eigenvalue weighted by atomic mass is 10.1. The Balaban J connectivity index is 0.000000671. The molecule has 0 aliphatic rings. The van der Waals surface area contributed by atoms with E-state index in [4.69, 9.17) is 16.9 Å². The van der Waals surface area contributed by atoms with Gasteiger partial charge in [-0.05, 0) is 23.7 Å². The van der Waals surface area contributed by atoms with E-state index in [1.807, 2.05) is 19.9 Å². The van der Waals surface area contributed by atoms with E-state index in [1.165, 1.54) is 6.07 Å². The minimum atomic E-state index is -0.540. The predicted molar refractivity (Wildman–Crippen MR) is 52.7 cm³/mol. The van der Waals surface area contributed by atoms with Crippen LogP contribution in [0.2, 0.25) is 0 Å². The monoisotopic (exact) mass is 195 g/mol. The number of rotatable bonds is 1. The van der Waals surface area contributed by atoms with Crippen molar-refractivity contribution in [1.82, 2.24) is 0 Å². The largest absolute Gasteiger partial charge is 0.276 e. The van der Waals surface area contributed by atoms with Crippen LogP contribution in [0.5, 0.6) is 0 Å². The third-order valence-corrected chi connectivity index (χ3v) is 1.44. The summed E-state index contributed by atoms with van der Waals surface area (Å²) in [5.74, 6) is 0. The lowest BCUT2D eigenvalue weighted by molar-refractivity contribution is 0.108. The highest BCUT2D eigenvalue weighted by molar-refractivity contribution is 6.67. The summed E-state index contributed by atoms with van der Waals surface area (Å²) in [6.07, 6.45) is 0. The SMILES string of the molecule is CC.N#Cc1cccc(C(=O)Cl)c1. The predicted octanol–water partition coefficient (Wildman–Crippen LogP) is 2.96. The van der Waals surface area contributed by atoms with Crippen LogP contribution in [-0.4, -0.2) is 5.24 Å². The van der Waals surface area contributed by atoms with Crippen LogP contribution in [0.25, 0.3) is 0 Å². The van der Waals surface area contributed by atoms with Crippen LogP contribution in [0, 0.1) is 11.3 Å². The van der Waals surface area contributed by atoms with Crippen molar-refractivity contribution in [3.63, 3.8) is 0 Å². The van der Waals surface area contributed by atoms with Gasteiger partial charge in [0.15, 0.2) is 0 Å². The van der Waals surface area contributed by atoms with E-state index < -0.39 is 5.24 Å². The average molecular weight is 196 g/mol. The van der Waals surface area contributed by atoms with Crippen LogP contribution in [0.4, 0.5) is 0 Å². The molecule has 3 heteroatoms. The van der Waals surface area contributed by atoms with Crippen LogP contribution in [-0.2, 0) is 0 Å². The first-order valence-electron chi connectivity index (χ1n) is 3.94. The van der Waals surface area contributed by atoms with E-state index in [1.54, 1.807) is 18.2 Å². The normalized spacial score (nSPS) is 7.85. The molecule has 0 heterocycles. The summed E-state index contributed by atoms with van der Waals surface area (Å²) in [4.78, 5) is 10.6. The van der Waals surface area contributed by atoms with E-state index in [9.17, 15) is 4.79 Å². The van der Waals surface area contributed by atoms with Crippen LogP contribution in [0.15, 0.2) is 24.3 Å². The van der Waals surface area contributed by atoms with Crippen molar-refractivity contribution < 1.29 is 4.79 Å². The van der Waals surface area contributed by atoms with Gasteiger partial charge in [0.05, 0.1) is 11.6 Å². The smallest absolute Gasteiger partial charge is 0.252 e. The maximum absolute atomic E-state index is 10.6. The highest BCUT2D eigenvalue weighted by atomic mass is 35.5. The standard InChI is InChI=1S/C8H4ClNO.C2H6/c9-8(11)7-3-1-2-6(4-7)5-10;1-2/h1-4H;1-2H3. The van der Waals surface area contributed by atoms with Gasteiger partial charge in [0.25, 0.3) is 5.24 Å². The van der Waals surface area contributed by atoms with Crippen molar-refractivity contribution in [3.05, 3.63) is 35.4 Å². The fourth-order valence-electron chi connectivity index (χ4n) is 0.711. The number of carbonyl (C=O) groups excluding carboxylic acids is 1. The van der Waals surface area contributed by atoms with Crippen LogP contribution in [0.1, 0.15) is 29.8 Å². The second kappa shape index (κ2) is 6.22. The Bertz CT molecular complexity index is 328. The first kappa shape index (κ1) is 11.7. The number of nitrogens with zero attached hydrogens (tertiary/aromatic N) is 1. The maximum Gasteiger partial charge on any atom is 0.252 e. The van der Waals surface area contributed by atoms with Gasteiger partial charge in [0, 0.05) is 5.56 Å². The molecule has 0 saturated carbocycles. The molecule has 0 atom stereocenters. The molecule has 0 fully saturated rings. The molecule has 1 rings (SSSR count). The number of benzene rings is 1. The molecule has 1 aromatic rings. The Morgan fingerprint density at radius 1 is 1.46 bits per heavy atom. The molecule has 2 nitrogen and oxygen atoms in total. The van der Waals surface area contributed by atoms with Crippen LogP contribution >= 0.6 is 11.6 Å². The molecule has 0 aliphatic carbocycles. The van der Waals surface area contributed by atoms with E-state index >= 15 is 0 Å². The number of hydrogen-bond acceptors (Lipinski definition) is 2. The van der Waals surface area contributed by atoms with Gasteiger partial charge in [-0.1, -0.05) is 26.0 Å². The topological polar surface area (TPSA) is 40.9 Å². The summed E-state index contributed by atoms with van der Waals surface area (Å²) >= 11 is 5.18. The number of nitriles is 1. The zero-order valence-electron chi connectivity index (χ0n) is 7.54. The van der Waals surface area contributed by atoms with Gasteiger partial charge in [-0.15, -0.1) is 0 Å². The number of halogens is 1. The molecule has 68 valence electrons. The molecule has 0 saturated heterocycles. The molecule has 0 radical (unpaired) electrons. The lowest BCUT2D eigenvalue weighted by Crippen LogP contribution is -1.88. The average Bonchev–Trinajstić information content (AvgIpc) is 2.21. The maximum atomic E-state index is 10.6. The minimum Gasteiger partial charge on any atom is -0.276 e. The van der Waals surface area contributed by atoms with Crippen molar-refractivity contribution in [2.24, 2.45) is 0 Å². The van der Waals surface area contributed by atoms with Crippen molar-refractivity contribution in [2.75, 3.05) is 0 Å². The Morgan fingerprint density at radius 3 is 2.54 bits per heavy atom. The van der Waals surface area contributed by atoms with Gasteiger partial charge in [-0.25, -0.2) is 0 Å². The van der Waals surface area contributed by atoms with Crippen LogP contribution < -0.4 is 0 Å². The first-order chi connectivity index (χ1) is 6.24. The van der Waals surface area contributed by atoms with Crippen molar-refractivity contribution >= 4 is 16.8 Å². The molecular formula is C10H10ClNO. The van der Waals surface area contributed by atoms with Gasteiger partial charge in [-0.2, -0.15) is 5.26 Å². The Morgan fingerprint density at radius 2 is 2.08 bits per heavy atom. The van der Waals surface area contributed by atoms with Gasteiger partial charge >= 0.3 is 0 Å². The summed E-state index contributed by atoms with van der Waals surface area (Å²) in [6.45, 7) is 4.00. The fourth-order valence-corrected chi connectivity index (χ4v) is 0.829. The first-order valence-corrected chi connectivity index (χ1v) is 4.32. The third kappa shape index (κ3) is 3.73. The molecule has 0 amide bonds. The third-order valence-electron chi connectivity index (χ3n) is 1.22. The Kier molecular flexibility index (Phi) is 5.58. The summed E-state index contributed by atoms with van der Waals surface area (Å²) in [5.41, 5.74) is 0.794. The summed E-state index contributed by atoms with van der Waals surface area (Å²) in [6, 6.07) is 8.16. The van der Waals surface area contributed by atoms with Gasteiger partial charge in [-0.3, -0.25) is 4.79 Å². The lowest BCUT2D eigenvalue weighted by Gasteiger charge is -1.91. The van der Waals surface area contributed by atoms with Gasteiger partial charge < -0.3 is 0 Å². The highest BCUT2D eigenvalue weighted by Gasteiger charge is 2.00. The molecule has 0 N–H and O–H groups in total. The number of hydrogen-bond donors (Lipinski definition) is 0. The van der Waals surface area contributed by atoms with Crippen molar-refractivity contribution in [3.8, 4) is 6.07 Å².